The van der Waals surface area contributed by atoms with Crippen molar-refractivity contribution in [3.63, 3.8) is 0 Å². The standard InChI is InChI=1S/C25H27BrF3N5O2.ClH/c1-34(2)23-19-5-3-4-6-20(19)32-24(33-23)31-18-11-9-17(10-12-18)30-22(35)13-15-7-8-16(26)14-21(15)36-25(27,28)29;/h3-8,14,17-18H,9-13H2,1-2H3,(H,30,35)(H,31,32,33);1H. The van der Waals surface area contributed by atoms with Gasteiger partial charge < -0.3 is 20.3 Å². The molecule has 37 heavy (non-hydrogen) atoms. The van der Waals surface area contributed by atoms with E-state index in [9.17, 15) is 18.0 Å². The summed E-state index contributed by atoms with van der Waals surface area (Å²) < 4.78 is 42.7. The molecule has 2 N–H and O–H groups in total. The summed E-state index contributed by atoms with van der Waals surface area (Å²) in [6.07, 6.45) is -1.94. The number of fused-ring (bicyclic) bond motifs is 1. The lowest BCUT2D eigenvalue weighted by atomic mass is 9.91. The molecule has 0 bridgehead atoms. The monoisotopic (exact) mass is 601 g/mol. The number of alkyl halides is 3. The molecule has 0 radical (unpaired) electrons. The van der Waals surface area contributed by atoms with E-state index >= 15 is 0 Å². The number of aromatic nitrogens is 2. The van der Waals surface area contributed by atoms with Crippen molar-refractivity contribution in [2.24, 2.45) is 0 Å². The number of carbonyl (C=O) groups is 1. The third-order valence-electron chi connectivity index (χ3n) is 6.04. The van der Waals surface area contributed by atoms with E-state index in [4.69, 9.17) is 0 Å². The van der Waals surface area contributed by atoms with Gasteiger partial charge in [-0.05, 0) is 49.9 Å². The first-order chi connectivity index (χ1) is 17.1. The van der Waals surface area contributed by atoms with Crippen molar-refractivity contribution < 1.29 is 22.7 Å². The average molecular weight is 603 g/mol. The van der Waals surface area contributed by atoms with Crippen molar-refractivity contribution in [2.75, 3.05) is 24.3 Å². The number of nitrogens with zero attached hydrogens (tertiary/aromatic N) is 3. The summed E-state index contributed by atoms with van der Waals surface area (Å²) in [6.45, 7) is 0. The molecule has 1 heterocycles. The number of halogens is 5. The summed E-state index contributed by atoms with van der Waals surface area (Å²) in [4.78, 5) is 23.9. The van der Waals surface area contributed by atoms with E-state index in [0.29, 0.717) is 10.4 Å². The van der Waals surface area contributed by atoms with Gasteiger partial charge in [0, 0.05) is 41.6 Å². The van der Waals surface area contributed by atoms with Crippen LogP contribution >= 0.6 is 28.3 Å². The molecular weight excluding hydrogens is 575 g/mol. The van der Waals surface area contributed by atoms with Gasteiger partial charge in [0.05, 0.1) is 11.9 Å². The van der Waals surface area contributed by atoms with E-state index in [-0.39, 0.29) is 48.1 Å². The topological polar surface area (TPSA) is 79.4 Å². The molecule has 0 atom stereocenters. The molecule has 4 rings (SSSR count). The minimum atomic E-state index is -4.83. The average Bonchev–Trinajstić information content (AvgIpc) is 2.80. The van der Waals surface area contributed by atoms with E-state index in [2.05, 4.69) is 41.3 Å². The van der Waals surface area contributed by atoms with Gasteiger partial charge in [0.25, 0.3) is 0 Å². The van der Waals surface area contributed by atoms with E-state index < -0.39 is 6.36 Å². The molecular formula is C25H28BrClF3N5O2. The number of benzene rings is 2. The number of amides is 1. The molecule has 1 fully saturated rings. The Morgan fingerprint density at radius 1 is 1.08 bits per heavy atom. The van der Waals surface area contributed by atoms with Crippen LogP contribution in [0, 0.1) is 0 Å². The van der Waals surface area contributed by atoms with Gasteiger partial charge in [0.2, 0.25) is 11.9 Å². The van der Waals surface area contributed by atoms with Crippen LogP contribution in [0.25, 0.3) is 10.9 Å². The van der Waals surface area contributed by atoms with Crippen molar-refractivity contribution in [3.8, 4) is 5.75 Å². The quantitative estimate of drug-likeness (QED) is 0.353. The Hall–Kier alpha value is -2.79. The third-order valence-corrected chi connectivity index (χ3v) is 6.53. The Bertz CT molecular complexity index is 1240. The van der Waals surface area contributed by atoms with E-state index in [1.807, 2.05) is 43.3 Å². The maximum absolute atomic E-state index is 12.7. The Morgan fingerprint density at radius 2 is 1.76 bits per heavy atom. The summed E-state index contributed by atoms with van der Waals surface area (Å²) in [5.74, 6) is 0.685. The Kier molecular flexibility index (Phi) is 9.46. The molecule has 0 unspecified atom stereocenters. The molecule has 1 aliphatic carbocycles. The Balaban J connectivity index is 0.00000380. The van der Waals surface area contributed by atoms with Gasteiger partial charge >= 0.3 is 6.36 Å². The lowest BCUT2D eigenvalue weighted by Gasteiger charge is -2.30. The highest BCUT2D eigenvalue weighted by atomic mass is 79.9. The van der Waals surface area contributed by atoms with Crippen LogP contribution in [0.5, 0.6) is 5.75 Å². The number of carbonyl (C=O) groups excluding carboxylic acids is 1. The zero-order valence-corrected chi connectivity index (χ0v) is 22.7. The molecule has 1 aromatic heterocycles. The van der Waals surface area contributed by atoms with Crippen LogP contribution in [0.15, 0.2) is 46.9 Å². The second-order valence-electron chi connectivity index (χ2n) is 9.02. The summed E-state index contributed by atoms with van der Waals surface area (Å²) in [6, 6.07) is 12.2. The zero-order valence-electron chi connectivity index (χ0n) is 20.3. The molecule has 200 valence electrons. The first-order valence-electron chi connectivity index (χ1n) is 11.6. The SMILES string of the molecule is CN(C)c1nc(NC2CCC(NC(=O)Cc3ccc(Br)cc3OC(F)(F)F)CC2)nc2ccccc12.Cl. The molecule has 1 amide bonds. The van der Waals surface area contributed by atoms with Crippen LogP contribution in [0.3, 0.4) is 0 Å². The first kappa shape index (κ1) is 28.8. The molecule has 7 nitrogen and oxygen atoms in total. The summed E-state index contributed by atoms with van der Waals surface area (Å²) in [7, 11) is 3.89. The minimum absolute atomic E-state index is 0. The molecule has 2 aromatic carbocycles. The molecule has 3 aromatic rings. The lowest BCUT2D eigenvalue weighted by molar-refractivity contribution is -0.274. The molecule has 0 saturated heterocycles. The highest BCUT2D eigenvalue weighted by Gasteiger charge is 2.32. The number of anilines is 2. The normalized spacial score (nSPS) is 17.6. The fourth-order valence-corrected chi connectivity index (χ4v) is 4.72. The van der Waals surface area contributed by atoms with Crippen molar-refractivity contribution in [1.29, 1.82) is 0 Å². The largest absolute Gasteiger partial charge is 0.573 e. The van der Waals surface area contributed by atoms with Gasteiger partial charge in [0.1, 0.15) is 11.6 Å². The van der Waals surface area contributed by atoms with Crippen LogP contribution in [0.1, 0.15) is 31.2 Å². The number of para-hydroxylation sites is 1. The second kappa shape index (κ2) is 12.2. The lowest BCUT2D eigenvalue weighted by Crippen LogP contribution is -2.41. The van der Waals surface area contributed by atoms with E-state index in [1.54, 1.807) is 6.07 Å². The number of ether oxygens (including phenoxy) is 1. The fourth-order valence-electron chi connectivity index (χ4n) is 4.38. The van der Waals surface area contributed by atoms with Gasteiger partial charge in [-0.2, -0.15) is 4.98 Å². The van der Waals surface area contributed by atoms with Gasteiger partial charge in [-0.15, -0.1) is 25.6 Å². The van der Waals surface area contributed by atoms with Gasteiger partial charge in [-0.3, -0.25) is 4.79 Å². The maximum Gasteiger partial charge on any atom is 0.573 e. The van der Waals surface area contributed by atoms with E-state index in [0.717, 1.165) is 42.4 Å². The highest BCUT2D eigenvalue weighted by molar-refractivity contribution is 9.10. The van der Waals surface area contributed by atoms with Crippen LogP contribution in [0.4, 0.5) is 24.9 Å². The number of hydrogen-bond donors (Lipinski definition) is 2. The third kappa shape index (κ3) is 7.85. The van der Waals surface area contributed by atoms with Gasteiger partial charge in [-0.25, -0.2) is 4.98 Å². The number of rotatable bonds is 7. The highest BCUT2D eigenvalue weighted by Crippen LogP contribution is 2.30. The van der Waals surface area contributed by atoms with Crippen molar-refractivity contribution >= 4 is 56.9 Å². The van der Waals surface area contributed by atoms with Crippen LogP contribution in [-0.4, -0.2) is 48.4 Å². The van der Waals surface area contributed by atoms with Crippen LogP contribution < -0.4 is 20.3 Å². The predicted octanol–water partition coefficient (Wildman–Crippen LogP) is 5.86. The molecule has 0 aliphatic heterocycles. The summed E-state index contributed by atoms with van der Waals surface area (Å²) in [5, 5.41) is 7.36. The van der Waals surface area contributed by atoms with Crippen LogP contribution in [0.2, 0.25) is 0 Å². The predicted molar refractivity (Wildman–Crippen MR) is 143 cm³/mol. The molecule has 12 heteroatoms. The fraction of sp³-hybridized carbons (Fsp3) is 0.400. The maximum atomic E-state index is 12.7. The van der Waals surface area contributed by atoms with Crippen LogP contribution in [-0.2, 0) is 11.2 Å². The van der Waals surface area contributed by atoms with Crippen molar-refractivity contribution in [2.45, 2.75) is 50.6 Å². The number of nitrogens with one attached hydrogen (secondary N) is 2. The second-order valence-corrected chi connectivity index (χ2v) is 9.94. The van der Waals surface area contributed by atoms with Crippen molar-refractivity contribution in [3.05, 3.63) is 52.5 Å². The first-order valence-corrected chi connectivity index (χ1v) is 12.4. The van der Waals surface area contributed by atoms with Gasteiger partial charge in [-0.1, -0.05) is 34.1 Å². The smallest absolute Gasteiger partial charge is 0.405 e. The number of hydrogen-bond acceptors (Lipinski definition) is 6. The molecule has 1 saturated carbocycles. The zero-order chi connectivity index (χ0) is 25.9. The van der Waals surface area contributed by atoms with E-state index in [1.165, 1.54) is 12.1 Å². The summed E-state index contributed by atoms with van der Waals surface area (Å²) in [5.41, 5.74) is 1.04. The Labute approximate surface area is 227 Å². The molecule has 0 spiro atoms. The van der Waals surface area contributed by atoms with Crippen molar-refractivity contribution in [1.82, 2.24) is 15.3 Å². The summed E-state index contributed by atoms with van der Waals surface area (Å²) >= 11 is 3.14. The van der Waals surface area contributed by atoms with Gasteiger partial charge in [0.15, 0.2) is 0 Å². The minimum Gasteiger partial charge on any atom is -0.405 e. The Morgan fingerprint density at radius 3 is 2.43 bits per heavy atom. The molecule has 1 aliphatic rings.